The summed E-state index contributed by atoms with van der Waals surface area (Å²) in [7, 11) is -3.27. The molecule has 2 aliphatic heterocycles. The van der Waals surface area contributed by atoms with Crippen molar-refractivity contribution >= 4 is 21.7 Å². The van der Waals surface area contributed by atoms with Gasteiger partial charge < -0.3 is 10.0 Å². The Morgan fingerprint density at radius 1 is 1.20 bits per heavy atom. The molecule has 0 spiro atoms. The Balaban J connectivity index is 1.78. The van der Waals surface area contributed by atoms with Crippen molar-refractivity contribution in [1.82, 2.24) is 9.80 Å². The highest BCUT2D eigenvalue weighted by Crippen LogP contribution is 2.27. The van der Waals surface area contributed by atoms with E-state index in [1.807, 2.05) is 31.2 Å². The number of carboxylic acids is 1. The fraction of sp³-hybridized carbons (Fsp3) is 0.529. The second-order valence-corrected chi connectivity index (χ2v) is 8.98. The maximum Gasteiger partial charge on any atom is 0.317 e. The molecule has 2 aliphatic rings. The first-order valence-corrected chi connectivity index (χ1v) is 10.1. The Bertz CT molecular complexity index is 792. The van der Waals surface area contributed by atoms with Crippen molar-refractivity contribution in [3.8, 4) is 0 Å². The molecule has 2 atom stereocenters. The van der Waals surface area contributed by atoms with E-state index in [2.05, 4.69) is 0 Å². The number of aliphatic carboxylic acids is 1. The van der Waals surface area contributed by atoms with Crippen LogP contribution in [-0.2, 0) is 25.8 Å². The maximum atomic E-state index is 12.8. The predicted molar refractivity (Wildman–Crippen MR) is 92.0 cm³/mol. The molecule has 2 saturated heterocycles. The van der Waals surface area contributed by atoms with Crippen LogP contribution in [0.4, 0.5) is 0 Å². The van der Waals surface area contributed by atoms with Crippen LogP contribution in [0.5, 0.6) is 0 Å². The fourth-order valence-corrected chi connectivity index (χ4v) is 5.81. The van der Waals surface area contributed by atoms with E-state index in [1.165, 1.54) is 0 Å². The van der Waals surface area contributed by atoms with Crippen LogP contribution >= 0.6 is 0 Å². The van der Waals surface area contributed by atoms with Crippen molar-refractivity contribution in [2.24, 2.45) is 0 Å². The minimum atomic E-state index is -3.27. The van der Waals surface area contributed by atoms with Gasteiger partial charge in [0.2, 0.25) is 5.91 Å². The van der Waals surface area contributed by atoms with Gasteiger partial charge in [-0.3, -0.25) is 14.5 Å². The second kappa shape index (κ2) is 6.76. The van der Waals surface area contributed by atoms with Gasteiger partial charge in [-0.15, -0.1) is 0 Å². The highest BCUT2D eigenvalue weighted by molar-refractivity contribution is 7.91. The number of hydrogen-bond acceptors (Lipinski definition) is 5. The van der Waals surface area contributed by atoms with Crippen molar-refractivity contribution in [2.45, 2.75) is 25.4 Å². The summed E-state index contributed by atoms with van der Waals surface area (Å²) in [4.78, 5) is 27.1. The first-order valence-electron chi connectivity index (χ1n) is 8.26. The summed E-state index contributed by atoms with van der Waals surface area (Å²) in [6, 6.07) is 6.78. The lowest BCUT2D eigenvalue weighted by Crippen LogP contribution is -2.61. The molecule has 25 heavy (non-hydrogen) atoms. The van der Waals surface area contributed by atoms with Crippen LogP contribution in [0.15, 0.2) is 24.3 Å². The van der Waals surface area contributed by atoms with E-state index in [-0.39, 0.29) is 30.4 Å². The first-order chi connectivity index (χ1) is 11.7. The minimum Gasteiger partial charge on any atom is -0.480 e. The molecule has 0 bridgehead atoms. The van der Waals surface area contributed by atoms with Crippen molar-refractivity contribution in [1.29, 1.82) is 0 Å². The van der Waals surface area contributed by atoms with Crippen LogP contribution in [0.3, 0.4) is 0 Å². The van der Waals surface area contributed by atoms with Gasteiger partial charge in [-0.05, 0) is 12.5 Å². The monoisotopic (exact) mass is 366 g/mol. The van der Waals surface area contributed by atoms with E-state index in [1.54, 1.807) is 9.80 Å². The lowest BCUT2D eigenvalue weighted by atomic mass is 10.0. The fourth-order valence-electron chi connectivity index (χ4n) is 3.80. The lowest BCUT2D eigenvalue weighted by Gasteiger charge is -2.43. The van der Waals surface area contributed by atoms with Crippen molar-refractivity contribution in [3.63, 3.8) is 0 Å². The second-order valence-electron chi connectivity index (χ2n) is 6.83. The van der Waals surface area contributed by atoms with Gasteiger partial charge in [0.25, 0.3) is 0 Å². The highest BCUT2D eigenvalue weighted by Gasteiger charge is 2.48. The van der Waals surface area contributed by atoms with E-state index in [0.717, 1.165) is 11.1 Å². The predicted octanol–water partition coefficient (Wildman–Crippen LogP) is -0.0681. The smallest absolute Gasteiger partial charge is 0.317 e. The molecule has 7 nitrogen and oxygen atoms in total. The number of carbonyl (C=O) groups is 2. The molecule has 1 N–H and O–H groups in total. The number of amides is 1. The van der Waals surface area contributed by atoms with E-state index in [0.29, 0.717) is 13.1 Å². The molecule has 0 aromatic heterocycles. The number of nitrogens with zero attached hydrogens (tertiary/aromatic N) is 2. The number of sulfone groups is 1. The number of fused-ring (bicyclic) bond motifs is 1. The number of carboxylic acid groups (broad SMARTS) is 1. The van der Waals surface area contributed by atoms with Crippen LogP contribution in [0.1, 0.15) is 11.1 Å². The first kappa shape index (κ1) is 17.9. The van der Waals surface area contributed by atoms with Gasteiger partial charge in [0.1, 0.15) is 0 Å². The highest BCUT2D eigenvalue weighted by atomic mass is 32.2. The van der Waals surface area contributed by atoms with Gasteiger partial charge in [-0.2, -0.15) is 0 Å². The summed E-state index contributed by atoms with van der Waals surface area (Å²) in [6.07, 6.45) is 0.226. The third-order valence-electron chi connectivity index (χ3n) is 4.89. The Labute approximate surface area is 147 Å². The summed E-state index contributed by atoms with van der Waals surface area (Å²) >= 11 is 0. The number of aryl methyl sites for hydroxylation is 1. The molecule has 3 rings (SSSR count). The Morgan fingerprint density at radius 2 is 1.92 bits per heavy atom. The minimum absolute atomic E-state index is 0.0842. The SMILES string of the molecule is Cc1cccc(CC(=O)N2CCN(CC(=O)O)[C@@H]3CS(=O)(=O)C[C@@H]32)c1. The maximum absolute atomic E-state index is 12.8. The number of rotatable bonds is 4. The number of hydrogen-bond donors (Lipinski definition) is 1. The topological polar surface area (TPSA) is 95.0 Å². The molecule has 0 aliphatic carbocycles. The average molecular weight is 366 g/mol. The molecule has 136 valence electrons. The summed E-state index contributed by atoms with van der Waals surface area (Å²) in [5, 5.41) is 9.04. The van der Waals surface area contributed by atoms with Gasteiger partial charge >= 0.3 is 5.97 Å². The Kier molecular flexibility index (Phi) is 4.83. The summed E-state index contributed by atoms with van der Waals surface area (Å²) in [5.41, 5.74) is 1.97. The molecule has 8 heteroatoms. The lowest BCUT2D eigenvalue weighted by molar-refractivity contribution is -0.142. The molecule has 1 aromatic carbocycles. The van der Waals surface area contributed by atoms with Crippen LogP contribution in [0.25, 0.3) is 0 Å². The summed E-state index contributed by atoms with van der Waals surface area (Å²) in [5.74, 6) is -1.26. The third kappa shape index (κ3) is 4.01. The Hall–Kier alpha value is -1.93. The normalized spacial score (nSPS) is 25.6. The molecule has 0 unspecified atom stereocenters. The van der Waals surface area contributed by atoms with Crippen molar-refractivity contribution in [2.75, 3.05) is 31.1 Å². The standard InChI is InChI=1S/C17H22N2O5S/c1-12-3-2-4-13(7-12)8-16(20)19-6-5-18(9-17(21)22)14-10-25(23,24)11-15(14)19/h2-4,7,14-15H,5-6,8-11H2,1H3,(H,21,22)/t14-,15+/m1/s1. The van der Waals surface area contributed by atoms with Gasteiger partial charge in [-0.1, -0.05) is 29.8 Å². The zero-order valence-electron chi connectivity index (χ0n) is 14.1. The van der Waals surface area contributed by atoms with E-state index in [4.69, 9.17) is 5.11 Å². The Morgan fingerprint density at radius 3 is 2.60 bits per heavy atom. The summed E-state index contributed by atoms with van der Waals surface area (Å²) < 4.78 is 24.2. The molecule has 1 aromatic rings. The van der Waals surface area contributed by atoms with Crippen LogP contribution in [0.2, 0.25) is 0 Å². The molecular formula is C17H22N2O5S. The molecule has 2 fully saturated rings. The van der Waals surface area contributed by atoms with E-state index < -0.39 is 27.9 Å². The number of carbonyl (C=O) groups excluding carboxylic acids is 1. The van der Waals surface area contributed by atoms with E-state index in [9.17, 15) is 18.0 Å². The molecule has 0 saturated carbocycles. The van der Waals surface area contributed by atoms with Gasteiger partial charge in [-0.25, -0.2) is 8.42 Å². The van der Waals surface area contributed by atoms with Gasteiger partial charge in [0.05, 0.1) is 30.5 Å². The average Bonchev–Trinajstić information content (AvgIpc) is 2.82. The number of piperazine rings is 1. The molecule has 1 amide bonds. The van der Waals surface area contributed by atoms with Crippen LogP contribution in [-0.4, -0.2) is 78.4 Å². The van der Waals surface area contributed by atoms with Crippen molar-refractivity contribution in [3.05, 3.63) is 35.4 Å². The van der Waals surface area contributed by atoms with Gasteiger partial charge in [0, 0.05) is 19.1 Å². The zero-order chi connectivity index (χ0) is 18.2. The number of benzene rings is 1. The molecule has 0 radical (unpaired) electrons. The largest absolute Gasteiger partial charge is 0.480 e. The zero-order valence-corrected chi connectivity index (χ0v) is 14.9. The summed E-state index contributed by atoms with van der Waals surface area (Å²) in [6.45, 7) is 2.49. The molecular weight excluding hydrogens is 344 g/mol. The quantitative estimate of drug-likeness (QED) is 0.802. The molecule has 2 heterocycles. The third-order valence-corrected chi connectivity index (χ3v) is 6.59. The van der Waals surface area contributed by atoms with Crippen molar-refractivity contribution < 1.29 is 23.1 Å². The van der Waals surface area contributed by atoms with Crippen LogP contribution in [0, 0.1) is 6.92 Å². The van der Waals surface area contributed by atoms with Crippen LogP contribution < -0.4 is 0 Å². The van der Waals surface area contributed by atoms with Gasteiger partial charge in [0.15, 0.2) is 9.84 Å². The van der Waals surface area contributed by atoms with E-state index >= 15 is 0 Å².